The van der Waals surface area contributed by atoms with Crippen molar-refractivity contribution in [2.24, 2.45) is 0 Å². The first-order chi connectivity index (χ1) is 35.8. The van der Waals surface area contributed by atoms with Crippen LogP contribution in [-0.2, 0) is 5.41 Å². The fourth-order valence-corrected chi connectivity index (χ4v) is 11.0. The lowest BCUT2D eigenvalue weighted by Crippen LogP contribution is -2.30. The van der Waals surface area contributed by atoms with Gasteiger partial charge in [0.15, 0.2) is 28.8 Å². The molecule has 14 rings (SSSR count). The van der Waals surface area contributed by atoms with E-state index in [4.69, 9.17) is 13.9 Å². The molecule has 1 aromatic heterocycles. The number of hydrogen-bond acceptors (Lipinski definition) is 8. The highest BCUT2D eigenvalue weighted by Gasteiger charge is 2.38. The third kappa shape index (κ3) is 6.68. The van der Waals surface area contributed by atoms with Gasteiger partial charge in [-0.25, -0.2) is 0 Å². The Balaban J connectivity index is 0.784. The van der Waals surface area contributed by atoms with Gasteiger partial charge in [-0.3, -0.25) is 9.59 Å². The molecule has 73 heavy (non-hydrogen) atoms. The number of para-hydroxylation sites is 8. The van der Waals surface area contributed by atoms with Crippen molar-refractivity contribution in [1.82, 2.24) is 0 Å². The lowest BCUT2D eigenvalue weighted by Gasteiger charge is -2.42. The molecular weight excluding hydrogens is 903 g/mol. The SMILES string of the molecule is CC1(C)c2ccccc2N(c2ccc3oc4ccccc4c(=O)c3c2)c2ccc(-c3ccc4c(c3)Oc3ccccc3N4c3ccc(C(=O)c4ccc(N5c6ccccc6Oc6ccccc65)cc4)cc3)cc21. The number of fused-ring (bicyclic) bond motifs is 8. The summed E-state index contributed by atoms with van der Waals surface area (Å²) in [4.78, 5) is 34.6. The highest BCUT2D eigenvalue weighted by atomic mass is 16.5. The van der Waals surface area contributed by atoms with E-state index in [0.717, 1.165) is 85.1 Å². The van der Waals surface area contributed by atoms with Gasteiger partial charge in [-0.15, -0.1) is 0 Å². The molecule has 0 atom stereocenters. The molecule has 3 aliphatic rings. The monoisotopic (exact) mass is 945 g/mol. The van der Waals surface area contributed by atoms with Crippen molar-refractivity contribution in [3.05, 3.63) is 257 Å². The number of benzene rings is 10. The third-order valence-corrected chi connectivity index (χ3v) is 14.6. The molecule has 0 spiro atoms. The molecule has 11 aromatic rings. The Kier molecular flexibility index (Phi) is 9.37. The first kappa shape index (κ1) is 42.2. The molecule has 0 saturated carbocycles. The fourth-order valence-electron chi connectivity index (χ4n) is 11.0. The highest BCUT2D eigenvalue weighted by Crippen LogP contribution is 2.55. The number of carbonyl (C=O) groups excluding carboxylic acids is 1. The minimum atomic E-state index is -0.356. The predicted octanol–water partition coefficient (Wildman–Crippen LogP) is 17.1. The second-order valence-electron chi connectivity index (χ2n) is 19.2. The first-order valence-corrected chi connectivity index (χ1v) is 24.4. The molecule has 348 valence electrons. The Hall–Kier alpha value is -9.66. The molecule has 0 saturated heterocycles. The van der Waals surface area contributed by atoms with Gasteiger partial charge in [-0.05, 0) is 168 Å². The van der Waals surface area contributed by atoms with E-state index in [2.05, 4.69) is 95.3 Å². The van der Waals surface area contributed by atoms with Crippen molar-refractivity contribution in [2.45, 2.75) is 19.3 Å². The van der Waals surface area contributed by atoms with Crippen LogP contribution in [0.1, 0.15) is 40.9 Å². The summed E-state index contributed by atoms with van der Waals surface area (Å²) < 4.78 is 19.1. The number of carbonyl (C=O) groups is 1. The molecule has 0 aliphatic carbocycles. The summed E-state index contributed by atoms with van der Waals surface area (Å²) >= 11 is 0. The van der Waals surface area contributed by atoms with Crippen LogP contribution in [0.2, 0.25) is 0 Å². The van der Waals surface area contributed by atoms with Gasteiger partial charge in [0.25, 0.3) is 0 Å². The van der Waals surface area contributed by atoms with E-state index < -0.39 is 0 Å². The van der Waals surface area contributed by atoms with Crippen LogP contribution in [-0.4, -0.2) is 5.78 Å². The maximum Gasteiger partial charge on any atom is 0.200 e. The Bertz CT molecular complexity index is 4100. The number of nitrogens with zero attached hydrogens (tertiary/aromatic N) is 3. The minimum absolute atomic E-state index is 0.0516. The van der Waals surface area contributed by atoms with E-state index in [9.17, 15) is 9.59 Å². The van der Waals surface area contributed by atoms with Crippen molar-refractivity contribution >= 4 is 78.9 Å². The minimum Gasteiger partial charge on any atom is -0.456 e. The smallest absolute Gasteiger partial charge is 0.200 e. The average Bonchev–Trinajstić information content (AvgIpc) is 3.44. The summed E-state index contributed by atoms with van der Waals surface area (Å²) in [6.07, 6.45) is 0. The van der Waals surface area contributed by atoms with Gasteiger partial charge in [0.1, 0.15) is 11.2 Å². The normalized spacial score (nSPS) is 13.7. The molecule has 8 nitrogen and oxygen atoms in total. The van der Waals surface area contributed by atoms with E-state index in [-0.39, 0.29) is 16.6 Å². The van der Waals surface area contributed by atoms with Crippen molar-refractivity contribution in [3.63, 3.8) is 0 Å². The number of anilines is 9. The molecule has 3 aliphatic heterocycles. The number of hydrogen-bond donors (Lipinski definition) is 0. The van der Waals surface area contributed by atoms with Crippen LogP contribution in [0.25, 0.3) is 33.1 Å². The summed E-state index contributed by atoms with van der Waals surface area (Å²) in [5.41, 5.74) is 14.8. The fraction of sp³-hybridized carbons (Fsp3) is 0.0462. The summed E-state index contributed by atoms with van der Waals surface area (Å²) in [6, 6.07) is 74.4. The zero-order valence-corrected chi connectivity index (χ0v) is 39.7. The Morgan fingerprint density at radius 2 is 0.836 bits per heavy atom. The van der Waals surface area contributed by atoms with Crippen LogP contribution in [0.15, 0.2) is 234 Å². The lowest BCUT2D eigenvalue weighted by atomic mass is 9.73. The van der Waals surface area contributed by atoms with Crippen LogP contribution in [0, 0.1) is 0 Å². The third-order valence-electron chi connectivity index (χ3n) is 14.6. The molecule has 8 heteroatoms. The standard InChI is InChI=1S/C65H43N3O5/c1-65(2)49-14-4-5-15-51(49)68(46-33-36-58-48(39-46)64(70)47-13-3-9-19-57(47)71-58)52-34-27-42(37-50(52)65)43-28-35-56-62(38-43)73-61-22-12-8-18-55(61)67(56)45-31-25-41(26-32-45)63(69)40-23-29-44(30-24-40)66-53-16-6-10-20-59(53)72-60-21-11-7-17-54(60)66/h3-39H,1-2H3. The number of rotatable bonds is 6. The lowest BCUT2D eigenvalue weighted by molar-refractivity contribution is 0.103. The van der Waals surface area contributed by atoms with Crippen LogP contribution in [0.3, 0.4) is 0 Å². The van der Waals surface area contributed by atoms with Crippen LogP contribution >= 0.6 is 0 Å². The van der Waals surface area contributed by atoms with Gasteiger partial charge in [0, 0.05) is 33.6 Å². The Morgan fingerprint density at radius 1 is 0.384 bits per heavy atom. The highest BCUT2D eigenvalue weighted by molar-refractivity contribution is 6.09. The summed E-state index contributed by atoms with van der Waals surface area (Å²) in [5.74, 6) is 2.93. The Morgan fingerprint density at radius 3 is 1.47 bits per heavy atom. The predicted molar refractivity (Wildman–Crippen MR) is 292 cm³/mol. The van der Waals surface area contributed by atoms with Gasteiger partial charge in [0.2, 0.25) is 5.43 Å². The largest absolute Gasteiger partial charge is 0.456 e. The molecule has 10 aromatic carbocycles. The van der Waals surface area contributed by atoms with Crippen molar-refractivity contribution in [1.29, 1.82) is 0 Å². The van der Waals surface area contributed by atoms with Gasteiger partial charge in [0.05, 0.1) is 44.9 Å². The maximum absolute atomic E-state index is 14.1. The number of ketones is 1. The van der Waals surface area contributed by atoms with Crippen molar-refractivity contribution < 1.29 is 18.7 Å². The van der Waals surface area contributed by atoms with E-state index in [1.165, 1.54) is 5.56 Å². The quantitative estimate of drug-likeness (QED) is 0.121. The van der Waals surface area contributed by atoms with Crippen LogP contribution < -0.4 is 29.6 Å². The second kappa shape index (κ2) is 16.2. The van der Waals surface area contributed by atoms with E-state index in [0.29, 0.717) is 38.8 Å². The molecular formula is C65H43N3O5. The zero-order chi connectivity index (χ0) is 49.0. The van der Waals surface area contributed by atoms with Gasteiger partial charge in [-0.1, -0.05) is 92.7 Å². The summed E-state index contributed by atoms with van der Waals surface area (Å²) in [6.45, 7) is 4.55. The summed E-state index contributed by atoms with van der Waals surface area (Å²) in [7, 11) is 0. The molecule has 0 fully saturated rings. The molecule has 4 heterocycles. The molecule has 0 N–H and O–H groups in total. The van der Waals surface area contributed by atoms with E-state index in [1.807, 2.05) is 158 Å². The molecule has 0 amide bonds. The van der Waals surface area contributed by atoms with E-state index in [1.54, 1.807) is 0 Å². The van der Waals surface area contributed by atoms with Crippen LogP contribution in [0.5, 0.6) is 23.0 Å². The van der Waals surface area contributed by atoms with E-state index >= 15 is 0 Å². The van der Waals surface area contributed by atoms with Crippen molar-refractivity contribution in [2.75, 3.05) is 14.7 Å². The Labute approximate surface area is 420 Å². The van der Waals surface area contributed by atoms with Crippen molar-refractivity contribution in [3.8, 4) is 34.1 Å². The van der Waals surface area contributed by atoms with Gasteiger partial charge in [-0.2, -0.15) is 0 Å². The second-order valence-corrected chi connectivity index (χ2v) is 19.2. The number of ether oxygens (including phenoxy) is 2. The summed E-state index contributed by atoms with van der Waals surface area (Å²) in [5, 5.41) is 1.10. The first-order valence-electron chi connectivity index (χ1n) is 24.4. The molecule has 0 unspecified atom stereocenters. The van der Waals surface area contributed by atoms with Gasteiger partial charge >= 0.3 is 0 Å². The zero-order valence-electron chi connectivity index (χ0n) is 39.7. The average molecular weight is 946 g/mol. The van der Waals surface area contributed by atoms with Crippen LogP contribution in [0.4, 0.5) is 51.2 Å². The van der Waals surface area contributed by atoms with Gasteiger partial charge < -0.3 is 28.6 Å². The molecule has 0 bridgehead atoms. The topological polar surface area (TPSA) is 75.5 Å². The maximum atomic E-state index is 14.1. The molecule has 0 radical (unpaired) electrons.